The highest BCUT2D eigenvalue weighted by Crippen LogP contribution is 2.32. The molecule has 2 heterocycles. The minimum atomic E-state index is -0.401. The van der Waals surface area contributed by atoms with E-state index >= 15 is 0 Å². The van der Waals surface area contributed by atoms with Crippen molar-refractivity contribution >= 4 is 38.8 Å². The third-order valence-corrected chi connectivity index (χ3v) is 7.16. The van der Waals surface area contributed by atoms with E-state index in [0.717, 1.165) is 58.7 Å². The predicted octanol–water partition coefficient (Wildman–Crippen LogP) is 5.79. The zero-order chi connectivity index (χ0) is 23.5. The van der Waals surface area contributed by atoms with E-state index in [1.54, 1.807) is 23.5 Å². The molecular weight excluding hydrogens is 448 g/mol. The Labute approximate surface area is 201 Å². The van der Waals surface area contributed by atoms with Crippen molar-refractivity contribution in [1.29, 1.82) is 0 Å². The van der Waals surface area contributed by atoms with E-state index in [-0.39, 0.29) is 11.6 Å². The van der Waals surface area contributed by atoms with Gasteiger partial charge in [-0.1, -0.05) is 36.4 Å². The molecule has 7 nitrogen and oxygen atoms in total. The molecule has 4 aromatic rings. The van der Waals surface area contributed by atoms with E-state index in [1.165, 1.54) is 6.07 Å². The number of piperidine rings is 1. The van der Waals surface area contributed by atoms with E-state index in [2.05, 4.69) is 16.4 Å². The maximum atomic E-state index is 12.7. The number of carbonyl (C=O) groups is 1. The van der Waals surface area contributed by atoms with Crippen LogP contribution in [0.4, 0.5) is 11.4 Å². The first-order valence-electron chi connectivity index (χ1n) is 11.3. The Morgan fingerprint density at radius 3 is 2.53 bits per heavy atom. The Kier molecular flexibility index (Phi) is 6.22. The molecule has 0 saturated carbocycles. The highest BCUT2D eigenvalue weighted by atomic mass is 32.1. The largest absolute Gasteiger partial charge is 0.366 e. The molecular formula is C26H24N4O3S. The van der Waals surface area contributed by atoms with Crippen molar-refractivity contribution in [3.63, 3.8) is 0 Å². The molecule has 1 saturated heterocycles. The number of thiazole rings is 1. The number of hydrogen-bond acceptors (Lipinski definition) is 6. The molecule has 0 unspecified atom stereocenters. The van der Waals surface area contributed by atoms with E-state index in [1.807, 2.05) is 47.4 Å². The summed E-state index contributed by atoms with van der Waals surface area (Å²) in [5, 5.41) is 15.5. The van der Waals surface area contributed by atoms with Gasteiger partial charge in [0.05, 0.1) is 15.1 Å². The van der Waals surface area contributed by atoms with Crippen molar-refractivity contribution in [2.24, 2.45) is 0 Å². The number of nitro benzene ring substituents is 1. The quantitative estimate of drug-likeness (QED) is 0.283. The van der Waals surface area contributed by atoms with Crippen LogP contribution >= 0.6 is 11.3 Å². The Morgan fingerprint density at radius 1 is 1.03 bits per heavy atom. The normalized spacial score (nSPS) is 13.7. The second kappa shape index (κ2) is 9.61. The summed E-state index contributed by atoms with van der Waals surface area (Å²) in [5.74, 6) is -0.330. The Bertz CT molecular complexity index is 1310. The lowest BCUT2D eigenvalue weighted by Crippen LogP contribution is -2.30. The topological polar surface area (TPSA) is 88.4 Å². The molecule has 3 aromatic carbocycles. The summed E-state index contributed by atoms with van der Waals surface area (Å²) in [6.45, 7) is 1.94. The van der Waals surface area contributed by atoms with Crippen LogP contribution in [-0.4, -0.2) is 28.9 Å². The van der Waals surface area contributed by atoms with Gasteiger partial charge in [-0.15, -0.1) is 11.3 Å². The van der Waals surface area contributed by atoms with Crippen LogP contribution in [0.1, 0.15) is 35.2 Å². The van der Waals surface area contributed by atoms with E-state index in [4.69, 9.17) is 0 Å². The minimum Gasteiger partial charge on any atom is -0.366 e. The van der Waals surface area contributed by atoms with Crippen LogP contribution in [0.3, 0.4) is 0 Å². The molecule has 1 aliphatic rings. The number of anilines is 1. The van der Waals surface area contributed by atoms with Crippen molar-refractivity contribution in [3.8, 4) is 10.6 Å². The standard InChI is InChI=1S/C26H24N4O3S/c31-25(20-12-13-22(23(16-20)30(32)33)29-14-4-1-5-15-29)27-17-18-8-10-19(11-9-18)26-28-21-6-2-3-7-24(21)34-26/h2-3,6-13,16H,1,4-5,14-15,17H2,(H,27,31). The number of nitro groups is 1. The van der Waals surface area contributed by atoms with Crippen molar-refractivity contribution in [1.82, 2.24) is 10.3 Å². The number of para-hydroxylation sites is 1. The van der Waals surface area contributed by atoms with Gasteiger partial charge in [-0.2, -0.15) is 0 Å². The van der Waals surface area contributed by atoms with Gasteiger partial charge in [0.25, 0.3) is 11.6 Å². The van der Waals surface area contributed by atoms with Gasteiger partial charge >= 0.3 is 0 Å². The summed E-state index contributed by atoms with van der Waals surface area (Å²) in [6, 6.07) is 20.7. The Morgan fingerprint density at radius 2 is 1.79 bits per heavy atom. The molecule has 0 aliphatic carbocycles. The Balaban J connectivity index is 1.26. The van der Waals surface area contributed by atoms with Crippen molar-refractivity contribution in [2.45, 2.75) is 25.8 Å². The molecule has 0 bridgehead atoms. The molecule has 0 spiro atoms. The van der Waals surface area contributed by atoms with Gasteiger partial charge in [-0.3, -0.25) is 14.9 Å². The molecule has 1 amide bonds. The molecule has 172 valence electrons. The first-order chi connectivity index (χ1) is 16.6. The van der Waals surface area contributed by atoms with Crippen LogP contribution in [0.5, 0.6) is 0 Å². The monoisotopic (exact) mass is 472 g/mol. The fraction of sp³-hybridized carbons (Fsp3) is 0.231. The molecule has 1 fully saturated rings. The number of rotatable bonds is 6. The van der Waals surface area contributed by atoms with Gasteiger partial charge in [0, 0.05) is 36.8 Å². The van der Waals surface area contributed by atoms with E-state index in [0.29, 0.717) is 17.8 Å². The Hall–Kier alpha value is -3.78. The fourth-order valence-corrected chi connectivity index (χ4v) is 5.23. The summed E-state index contributed by atoms with van der Waals surface area (Å²) in [4.78, 5) is 30.7. The third kappa shape index (κ3) is 4.63. The van der Waals surface area contributed by atoms with Crippen LogP contribution in [0.2, 0.25) is 0 Å². The molecule has 0 atom stereocenters. The lowest BCUT2D eigenvalue weighted by molar-refractivity contribution is -0.384. The first-order valence-corrected chi connectivity index (χ1v) is 12.2. The third-order valence-electron chi connectivity index (χ3n) is 6.08. The number of nitrogens with one attached hydrogen (secondary N) is 1. The average Bonchev–Trinajstić information content (AvgIpc) is 3.32. The molecule has 1 aliphatic heterocycles. The van der Waals surface area contributed by atoms with Gasteiger partial charge in [0.15, 0.2) is 0 Å². The molecule has 5 rings (SSSR count). The van der Waals surface area contributed by atoms with Gasteiger partial charge in [-0.25, -0.2) is 4.98 Å². The lowest BCUT2D eigenvalue weighted by atomic mass is 10.1. The molecule has 1 aromatic heterocycles. The van der Waals surface area contributed by atoms with E-state index < -0.39 is 4.92 Å². The number of carbonyl (C=O) groups excluding carboxylic acids is 1. The summed E-state index contributed by atoms with van der Waals surface area (Å²) < 4.78 is 1.15. The minimum absolute atomic E-state index is 0.0188. The van der Waals surface area contributed by atoms with Gasteiger partial charge in [0.1, 0.15) is 10.7 Å². The second-order valence-electron chi connectivity index (χ2n) is 8.37. The SMILES string of the molecule is O=C(NCc1ccc(-c2nc3ccccc3s2)cc1)c1ccc(N2CCCCC2)c([N+](=O)[O-])c1. The summed E-state index contributed by atoms with van der Waals surface area (Å²) in [5.41, 5.74) is 3.82. The van der Waals surface area contributed by atoms with Crippen molar-refractivity contribution < 1.29 is 9.72 Å². The number of amides is 1. The number of aromatic nitrogens is 1. The lowest BCUT2D eigenvalue weighted by Gasteiger charge is -2.28. The number of hydrogen-bond donors (Lipinski definition) is 1. The molecule has 1 N–H and O–H groups in total. The van der Waals surface area contributed by atoms with Crippen LogP contribution in [0.25, 0.3) is 20.8 Å². The maximum absolute atomic E-state index is 12.7. The fourth-order valence-electron chi connectivity index (χ4n) is 4.26. The highest BCUT2D eigenvalue weighted by molar-refractivity contribution is 7.21. The highest BCUT2D eigenvalue weighted by Gasteiger charge is 2.23. The maximum Gasteiger partial charge on any atom is 0.293 e. The molecule has 0 radical (unpaired) electrons. The zero-order valence-corrected chi connectivity index (χ0v) is 19.4. The first kappa shape index (κ1) is 22.0. The predicted molar refractivity (Wildman–Crippen MR) is 135 cm³/mol. The number of fused-ring (bicyclic) bond motifs is 1. The van der Waals surface area contributed by atoms with Crippen LogP contribution < -0.4 is 10.2 Å². The number of benzene rings is 3. The molecule has 34 heavy (non-hydrogen) atoms. The van der Waals surface area contributed by atoms with Gasteiger partial charge < -0.3 is 10.2 Å². The summed E-state index contributed by atoms with van der Waals surface area (Å²) >= 11 is 1.65. The van der Waals surface area contributed by atoms with Gasteiger partial charge in [-0.05, 0) is 49.1 Å². The second-order valence-corrected chi connectivity index (χ2v) is 9.41. The van der Waals surface area contributed by atoms with Crippen molar-refractivity contribution in [2.75, 3.05) is 18.0 Å². The summed E-state index contributed by atoms with van der Waals surface area (Å²) in [7, 11) is 0. The average molecular weight is 473 g/mol. The van der Waals surface area contributed by atoms with Crippen molar-refractivity contribution in [3.05, 3.63) is 88.0 Å². The summed E-state index contributed by atoms with van der Waals surface area (Å²) in [6.07, 6.45) is 3.20. The van der Waals surface area contributed by atoms with Gasteiger partial charge in [0.2, 0.25) is 0 Å². The van der Waals surface area contributed by atoms with Crippen LogP contribution in [-0.2, 0) is 6.54 Å². The van der Waals surface area contributed by atoms with Crippen LogP contribution in [0, 0.1) is 10.1 Å². The van der Waals surface area contributed by atoms with E-state index in [9.17, 15) is 14.9 Å². The van der Waals surface area contributed by atoms with Crippen LogP contribution in [0.15, 0.2) is 66.7 Å². The number of nitrogens with zero attached hydrogens (tertiary/aromatic N) is 3. The zero-order valence-electron chi connectivity index (χ0n) is 18.6. The molecule has 8 heteroatoms. The smallest absolute Gasteiger partial charge is 0.293 e.